The first-order valence-electron chi connectivity index (χ1n) is 11.5. The van der Waals surface area contributed by atoms with Crippen molar-refractivity contribution in [3.63, 3.8) is 0 Å². The van der Waals surface area contributed by atoms with Crippen LogP contribution in [0.2, 0.25) is 0 Å². The summed E-state index contributed by atoms with van der Waals surface area (Å²) in [6, 6.07) is 10.4. The van der Waals surface area contributed by atoms with Gasteiger partial charge < -0.3 is 24.2 Å². The number of ether oxygens (including phenoxy) is 3. The molecule has 0 aliphatic carbocycles. The molecular weight excluding hydrogens is 418 g/mol. The lowest BCUT2D eigenvalue weighted by atomic mass is 9.72. The Morgan fingerprint density at radius 1 is 1.24 bits per heavy atom. The highest BCUT2D eigenvalue weighted by molar-refractivity contribution is 5.68. The van der Waals surface area contributed by atoms with E-state index >= 15 is 0 Å². The molecule has 1 N–H and O–H groups in total. The molecule has 1 aliphatic rings. The van der Waals surface area contributed by atoms with Gasteiger partial charge in [-0.2, -0.15) is 0 Å². The Kier molecular flexibility index (Phi) is 9.59. The molecule has 0 aromatic heterocycles. The zero-order valence-corrected chi connectivity index (χ0v) is 20.8. The summed E-state index contributed by atoms with van der Waals surface area (Å²) in [5.41, 5.74) is 1.57. The normalized spacial score (nSPS) is 23.1. The molecule has 182 valence electrons. The molecule has 1 aromatic carbocycles. The number of amides is 1. The van der Waals surface area contributed by atoms with Gasteiger partial charge in [0.25, 0.3) is 0 Å². The maximum absolute atomic E-state index is 12.1. The van der Waals surface area contributed by atoms with Gasteiger partial charge in [-0.25, -0.2) is 4.79 Å². The van der Waals surface area contributed by atoms with Crippen LogP contribution in [0.1, 0.15) is 39.7 Å². The van der Waals surface area contributed by atoms with Crippen molar-refractivity contribution in [2.45, 2.75) is 52.7 Å². The quantitative estimate of drug-likeness (QED) is 0.391. The number of rotatable bonds is 10. The third-order valence-corrected chi connectivity index (χ3v) is 6.64. The average molecular weight is 458 g/mol. The number of benzene rings is 1. The number of methoxy groups -OCH3 is 2. The van der Waals surface area contributed by atoms with Gasteiger partial charge in [0, 0.05) is 24.4 Å². The molecule has 2 rings (SSSR count). The molecule has 1 saturated heterocycles. The van der Waals surface area contributed by atoms with E-state index in [-0.39, 0.29) is 12.0 Å². The van der Waals surface area contributed by atoms with Crippen LogP contribution >= 0.6 is 0 Å². The van der Waals surface area contributed by atoms with Crippen molar-refractivity contribution in [1.82, 2.24) is 4.90 Å². The zero-order valence-electron chi connectivity index (χ0n) is 20.8. The first-order valence-corrected chi connectivity index (χ1v) is 11.5. The number of carbonyl (C=O) groups is 1. The highest BCUT2D eigenvalue weighted by atomic mass is 16.5. The Morgan fingerprint density at radius 3 is 2.48 bits per heavy atom. The van der Waals surface area contributed by atoms with E-state index < -0.39 is 17.6 Å². The first kappa shape index (κ1) is 26.5. The molecule has 33 heavy (non-hydrogen) atoms. The van der Waals surface area contributed by atoms with E-state index in [0.29, 0.717) is 24.6 Å². The van der Waals surface area contributed by atoms with E-state index in [1.54, 1.807) is 18.9 Å². The van der Waals surface area contributed by atoms with Gasteiger partial charge in [-0.1, -0.05) is 49.9 Å². The van der Waals surface area contributed by atoms with Crippen LogP contribution in [0.4, 0.5) is 4.79 Å². The number of aliphatic hydroxyl groups excluding tert-OH is 1. The summed E-state index contributed by atoms with van der Waals surface area (Å²) in [5.74, 6) is 1.20. The van der Waals surface area contributed by atoms with E-state index in [9.17, 15) is 9.90 Å². The fourth-order valence-electron chi connectivity index (χ4n) is 4.31. The third-order valence-electron chi connectivity index (χ3n) is 6.64. The minimum absolute atomic E-state index is 0.0361. The number of likely N-dealkylation sites (tertiary alicyclic amines) is 1. The van der Waals surface area contributed by atoms with Crippen LogP contribution in [-0.4, -0.2) is 55.6 Å². The summed E-state index contributed by atoms with van der Waals surface area (Å²) in [6.07, 6.45) is 4.58. The number of aryl methyl sites for hydroxylation is 1. The van der Waals surface area contributed by atoms with Crippen LogP contribution in [0.25, 0.3) is 0 Å². The molecule has 6 nitrogen and oxygen atoms in total. The largest absolute Gasteiger partial charge is 0.493 e. The Hall–Kier alpha value is -2.73. The van der Waals surface area contributed by atoms with Crippen molar-refractivity contribution in [2.75, 3.05) is 27.3 Å². The van der Waals surface area contributed by atoms with Crippen LogP contribution in [0.5, 0.6) is 0 Å². The summed E-state index contributed by atoms with van der Waals surface area (Å²) in [6.45, 7) is 12.7. The second kappa shape index (κ2) is 11.9. The van der Waals surface area contributed by atoms with E-state index in [1.165, 1.54) is 12.7 Å². The van der Waals surface area contributed by atoms with Crippen LogP contribution in [0, 0.1) is 11.3 Å². The Balaban J connectivity index is 2.06. The van der Waals surface area contributed by atoms with Crippen LogP contribution in [-0.2, 0) is 20.6 Å². The summed E-state index contributed by atoms with van der Waals surface area (Å²) < 4.78 is 16.5. The van der Waals surface area contributed by atoms with Crippen LogP contribution in [0.3, 0.4) is 0 Å². The zero-order chi connectivity index (χ0) is 24.6. The maximum atomic E-state index is 12.1. The minimum atomic E-state index is -0.615. The van der Waals surface area contributed by atoms with Crippen molar-refractivity contribution in [3.8, 4) is 0 Å². The van der Waals surface area contributed by atoms with E-state index in [4.69, 9.17) is 14.2 Å². The van der Waals surface area contributed by atoms with Gasteiger partial charge >= 0.3 is 6.09 Å². The van der Waals surface area contributed by atoms with Gasteiger partial charge in [0.1, 0.15) is 5.76 Å². The van der Waals surface area contributed by atoms with Crippen LogP contribution < -0.4 is 0 Å². The lowest BCUT2D eigenvalue weighted by molar-refractivity contribution is 0.0392. The predicted octanol–water partition coefficient (Wildman–Crippen LogP) is 5.10. The minimum Gasteiger partial charge on any atom is -0.493 e. The second-order valence-corrected chi connectivity index (χ2v) is 9.07. The number of nitrogens with zero attached hydrogens (tertiary/aromatic N) is 1. The number of hydrogen-bond acceptors (Lipinski definition) is 5. The maximum Gasteiger partial charge on any atom is 0.409 e. The fraction of sp³-hybridized carbons (Fsp3) is 0.519. The molecule has 1 amide bonds. The number of allylic oxidation sites excluding steroid dienone is 3. The van der Waals surface area contributed by atoms with Crippen molar-refractivity contribution >= 4 is 6.09 Å². The molecule has 0 radical (unpaired) electrons. The highest BCUT2D eigenvalue weighted by Crippen LogP contribution is 2.43. The van der Waals surface area contributed by atoms with Crippen molar-refractivity contribution in [1.29, 1.82) is 0 Å². The summed E-state index contributed by atoms with van der Waals surface area (Å²) in [7, 11) is 2.97. The highest BCUT2D eigenvalue weighted by Gasteiger charge is 2.48. The Labute approximate surface area is 198 Å². The smallest absolute Gasteiger partial charge is 0.409 e. The van der Waals surface area contributed by atoms with E-state index in [2.05, 4.69) is 25.6 Å². The molecule has 1 aromatic rings. The molecule has 6 heteroatoms. The molecule has 0 saturated carbocycles. The monoisotopic (exact) mass is 457 g/mol. The SMILES string of the molecule is C=C(/C=C\C(OC)=C(/C)OC(C)CCc1ccccc1)[C@@H]1CN(C(=O)OC)C[C@@]1(C)[C@@H](C)O. The van der Waals surface area contributed by atoms with E-state index in [1.807, 2.05) is 44.2 Å². The summed E-state index contributed by atoms with van der Waals surface area (Å²) in [5, 5.41) is 10.4. The Morgan fingerprint density at radius 2 is 1.91 bits per heavy atom. The topological polar surface area (TPSA) is 68.2 Å². The molecule has 0 spiro atoms. The van der Waals surface area contributed by atoms with Gasteiger partial charge in [0.15, 0.2) is 5.76 Å². The second-order valence-electron chi connectivity index (χ2n) is 9.07. The summed E-state index contributed by atoms with van der Waals surface area (Å²) in [4.78, 5) is 13.7. The van der Waals surface area contributed by atoms with Gasteiger partial charge in [0.2, 0.25) is 0 Å². The molecule has 1 fully saturated rings. The standard InChI is InChI=1S/C27H39NO5/c1-19(24-17-28(26(30)32-7)18-27(24,5)22(4)29)13-16-25(31-6)21(3)33-20(2)14-15-23-11-9-8-10-12-23/h8-13,16,20,22,24,29H,1,14-15,17-18H2,2-7H3/b16-13-,25-21-/t20?,22-,24+,27+/m1/s1. The molecule has 4 atom stereocenters. The third kappa shape index (κ3) is 6.87. The van der Waals surface area contributed by atoms with Crippen molar-refractivity contribution in [2.24, 2.45) is 11.3 Å². The fourth-order valence-corrected chi connectivity index (χ4v) is 4.31. The van der Waals surface area contributed by atoms with Crippen LogP contribution in [0.15, 0.2) is 66.2 Å². The molecular formula is C27H39NO5. The lowest BCUT2D eigenvalue weighted by Crippen LogP contribution is -2.39. The van der Waals surface area contributed by atoms with Gasteiger partial charge in [-0.05, 0) is 50.8 Å². The Bertz CT molecular complexity index is 861. The summed E-state index contributed by atoms with van der Waals surface area (Å²) >= 11 is 0. The van der Waals surface area contributed by atoms with Gasteiger partial charge in [-0.3, -0.25) is 0 Å². The predicted molar refractivity (Wildman–Crippen MR) is 131 cm³/mol. The lowest BCUT2D eigenvalue weighted by Gasteiger charge is -2.33. The van der Waals surface area contributed by atoms with E-state index in [0.717, 1.165) is 18.4 Å². The molecule has 1 aliphatic heterocycles. The molecule has 1 unspecified atom stereocenters. The molecule has 0 bridgehead atoms. The number of hydrogen-bond donors (Lipinski definition) is 1. The van der Waals surface area contributed by atoms with Gasteiger partial charge in [-0.15, -0.1) is 0 Å². The van der Waals surface area contributed by atoms with Crippen molar-refractivity contribution < 1.29 is 24.1 Å². The number of aliphatic hydroxyl groups is 1. The van der Waals surface area contributed by atoms with Gasteiger partial charge in [0.05, 0.1) is 26.4 Å². The first-order chi connectivity index (χ1) is 15.6. The average Bonchev–Trinajstić information content (AvgIpc) is 3.17. The number of carbonyl (C=O) groups excluding carboxylic acids is 1. The molecule has 1 heterocycles. The van der Waals surface area contributed by atoms with Crippen molar-refractivity contribution in [3.05, 3.63) is 71.7 Å².